The number of nitrogens with one attached hydrogen (secondary N) is 2. The molecular weight excluding hydrogens is 396 g/mol. The summed E-state index contributed by atoms with van der Waals surface area (Å²) in [7, 11) is 3.02. The summed E-state index contributed by atoms with van der Waals surface area (Å²) in [6, 6.07) is 6.86. The molecule has 1 saturated heterocycles. The largest absolute Gasteiger partial charge is 0.497 e. The first-order chi connectivity index (χ1) is 14.4. The van der Waals surface area contributed by atoms with Crippen molar-refractivity contribution >= 4 is 17.5 Å². The Morgan fingerprint density at radius 1 is 1.03 bits per heavy atom. The molecule has 30 heavy (non-hydrogen) atoms. The zero-order valence-corrected chi connectivity index (χ0v) is 16.6. The van der Waals surface area contributed by atoms with Crippen LogP contribution in [-0.2, 0) is 0 Å². The Morgan fingerprint density at radius 2 is 1.73 bits per heavy atom. The predicted molar refractivity (Wildman–Crippen MR) is 105 cm³/mol. The quantitative estimate of drug-likeness (QED) is 0.803. The minimum absolute atomic E-state index is 0.0565. The lowest BCUT2D eigenvalue weighted by Gasteiger charge is -2.45. The van der Waals surface area contributed by atoms with Gasteiger partial charge in [0.25, 0.3) is 11.8 Å². The number of amides is 2. The van der Waals surface area contributed by atoms with Gasteiger partial charge in [0.2, 0.25) is 0 Å². The van der Waals surface area contributed by atoms with E-state index in [2.05, 4.69) is 10.6 Å². The molecule has 0 unspecified atom stereocenters. The van der Waals surface area contributed by atoms with Gasteiger partial charge >= 0.3 is 0 Å². The number of fused-ring (bicyclic) bond motifs is 1. The Balaban J connectivity index is 1.51. The molecule has 158 valence electrons. The molecule has 0 atom stereocenters. The second-order valence-corrected chi connectivity index (χ2v) is 7.33. The van der Waals surface area contributed by atoms with Crippen LogP contribution in [0.25, 0.3) is 0 Å². The van der Waals surface area contributed by atoms with Gasteiger partial charge in [-0.05, 0) is 18.2 Å². The molecule has 2 aromatic rings. The van der Waals surface area contributed by atoms with Crippen LogP contribution in [0, 0.1) is 11.6 Å². The van der Waals surface area contributed by atoms with Crippen LogP contribution in [0.2, 0.25) is 0 Å². The number of rotatable bonds is 3. The zero-order valence-electron chi connectivity index (χ0n) is 16.6. The molecule has 4 rings (SSSR count). The maximum atomic E-state index is 13.7. The van der Waals surface area contributed by atoms with Gasteiger partial charge in [0, 0.05) is 38.1 Å². The van der Waals surface area contributed by atoms with Crippen molar-refractivity contribution in [1.29, 1.82) is 0 Å². The minimum Gasteiger partial charge on any atom is -0.497 e. The third kappa shape index (κ3) is 3.40. The highest BCUT2D eigenvalue weighted by atomic mass is 19.2. The summed E-state index contributed by atoms with van der Waals surface area (Å²) in [6.07, 6.45) is 0.808. The fourth-order valence-corrected chi connectivity index (χ4v) is 3.90. The van der Waals surface area contributed by atoms with Gasteiger partial charge in [-0.25, -0.2) is 8.78 Å². The molecule has 1 spiro atoms. The summed E-state index contributed by atoms with van der Waals surface area (Å²) < 4.78 is 37.6. The lowest BCUT2D eigenvalue weighted by molar-refractivity contribution is 0.0636. The molecule has 2 N–H and O–H groups in total. The monoisotopic (exact) mass is 417 g/mol. The number of likely N-dealkylation sites (tertiary alicyclic amines) is 1. The van der Waals surface area contributed by atoms with Crippen molar-refractivity contribution < 1.29 is 27.8 Å². The van der Waals surface area contributed by atoms with Gasteiger partial charge in [-0.15, -0.1) is 0 Å². The standard InChI is InChI=1S/C21H21F2N3O4/c1-29-12-3-4-13(18(9-12)30-2)20(28)26-7-5-21(6-8-26)24-17-11-16(23)15(22)10-14(17)19(27)25-21/h3-4,9-11,24H,5-8H2,1-2H3,(H,25,27). The molecule has 1 fully saturated rings. The summed E-state index contributed by atoms with van der Waals surface area (Å²) in [5.74, 6) is -1.77. The van der Waals surface area contributed by atoms with Crippen LogP contribution in [0.5, 0.6) is 11.5 Å². The van der Waals surface area contributed by atoms with Crippen molar-refractivity contribution in [3.8, 4) is 11.5 Å². The molecule has 2 amide bonds. The Bertz CT molecular complexity index is 1020. The number of carbonyl (C=O) groups excluding carboxylic acids is 2. The Hall–Kier alpha value is -3.36. The summed E-state index contributed by atoms with van der Waals surface area (Å²) in [5.41, 5.74) is -0.109. The first kappa shape index (κ1) is 19.9. The molecule has 0 aromatic heterocycles. The van der Waals surface area contributed by atoms with Crippen molar-refractivity contribution in [1.82, 2.24) is 10.2 Å². The second-order valence-electron chi connectivity index (χ2n) is 7.33. The summed E-state index contributed by atoms with van der Waals surface area (Å²) in [5, 5.41) is 5.98. The van der Waals surface area contributed by atoms with Gasteiger partial charge in [0.15, 0.2) is 11.6 Å². The number of methoxy groups -OCH3 is 2. The Labute approximate surface area is 172 Å². The molecule has 2 aliphatic heterocycles. The highest BCUT2D eigenvalue weighted by Crippen LogP contribution is 2.34. The van der Waals surface area contributed by atoms with Crippen molar-refractivity contribution in [2.45, 2.75) is 18.5 Å². The summed E-state index contributed by atoms with van der Waals surface area (Å²) >= 11 is 0. The fraction of sp³-hybridized carbons (Fsp3) is 0.333. The molecule has 2 heterocycles. The van der Waals surface area contributed by atoms with E-state index in [0.29, 0.717) is 43.0 Å². The van der Waals surface area contributed by atoms with Crippen molar-refractivity contribution in [2.75, 3.05) is 32.6 Å². The van der Waals surface area contributed by atoms with Crippen LogP contribution in [-0.4, -0.2) is 49.7 Å². The van der Waals surface area contributed by atoms with Gasteiger partial charge in [-0.3, -0.25) is 9.59 Å². The molecule has 9 heteroatoms. The molecule has 0 radical (unpaired) electrons. The summed E-state index contributed by atoms with van der Waals surface area (Å²) in [4.78, 5) is 27.1. The number of halogens is 2. The Morgan fingerprint density at radius 3 is 2.40 bits per heavy atom. The first-order valence-electron chi connectivity index (χ1n) is 9.47. The van der Waals surface area contributed by atoms with Gasteiger partial charge in [0.1, 0.15) is 17.2 Å². The van der Waals surface area contributed by atoms with Crippen LogP contribution < -0.4 is 20.1 Å². The normalized spacial score (nSPS) is 17.1. The van der Waals surface area contributed by atoms with E-state index >= 15 is 0 Å². The van der Waals surface area contributed by atoms with E-state index in [9.17, 15) is 18.4 Å². The third-order valence-electron chi connectivity index (χ3n) is 5.58. The SMILES string of the molecule is COc1ccc(C(=O)N2CCC3(CC2)NC(=O)c2cc(F)c(F)cc2N3)c(OC)c1. The van der Waals surface area contributed by atoms with Gasteiger partial charge in [-0.1, -0.05) is 0 Å². The van der Waals surface area contributed by atoms with E-state index in [-0.39, 0.29) is 17.2 Å². The van der Waals surface area contributed by atoms with E-state index in [0.717, 1.165) is 12.1 Å². The molecule has 2 aliphatic rings. The number of benzene rings is 2. The van der Waals surface area contributed by atoms with Crippen LogP contribution in [0.15, 0.2) is 30.3 Å². The van der Waals surface area contributed by atoms with E-state index in [1.165, 1.54) is 14.2 Å². The number of piperidine rings is 1. The number of carbonyl (C=O) groups is 2. The number of ether oxygens (including phenoxy) is 2. The van der Waals surface area contributed by atoms with E-state index in [1.54, 1.807) is 23.1 Å². The molecule has 2 aromatic carbocycles. The average Bonchev–Trinajstić information content (AvgIpc) is 2.75. The number of anilines is 1. The van der Waals surface area contributed by atoms with E-state index < -0.39 is 23.2 Å². The van der Waals surface area contributed by atoms with Crippen molar-refractivity contribution in [3.63, 3.8) is 0 Å². The van der Waals surface area contributed by atoms with Crippen molar-refractivity contribution in [3.05, 3.63) is 53.1 Å². The minimum atomic E-state index is -1.07. The first-order valence-corrected chi connectivity index (χ1v) is 9.47. The molecular formula is C21H21F2N3O4. The maximum Gasteiger partial charge on any atom is 0.257 e. The highest BCUT2D eigenvalue weighted by Gasteiger charge is 2.41. The maximum absolute atomic E-state index is 13.7. The fourth-order valence-electron chi connectivity index (χ4n) is 3.90. The van der Waals surface area contributed by atoms with Crippen LogP contribution in [0.3, 0.4) is 0 Å². The predicted octanol–water partition coefficient (Wildman–Crippen LogP) is 2.77. The van der Waals surface area contributed by atoms with Gasteiger partial charge < -0.3 is 25.0 Å². The van der Waals surface area contributed by atoms with Gasteiger partial charge in [0.05, 0.1) is 31.0 Å². The second kappa shape index (κ2) is 7.47. The van der Waals surface area contributed by atoms with Crippen LogP contribution in [0.4, 0.5) is 14.5 Å². The molecule has 0 saturated carbocycles. The summed E-state index contributed by atoms with van der Waals surface area (Å²) in [6.45, 7) is 0.723. The van der Waals surface area contributed by atoms with Crippen molar-refractivity contribution in [2.24, 2.45) is 0 Å². The Kier molecular flexibility index (Phi) is 4.97. The van der Waals surface area contributed by atoms with Crippen LogP contribution >= 0.6 is 0 Å². The number of nitrogens with zero attached hydrogens (tertiary/aromatic N) is 1. The molecule has 0 bridgehead atoms. The highest BCUT2D eigenvalue weighted by molar-refractivity contribution is 6.02. The number of hydrogen-bond donors (Lipinski definition) is 2. The molecule has 0 aliphatic carbocycles. The van der Waals surface area contributed by atoms with Gasteiger partial charge in [-0.2, -0.15) is 0 Å². The lowest BCUT2D eigenvalue weighted by atomic mass is 9.92. The van der Waals surface area contributed by atoms with E-state index in [4.69, 9.17) is 9.47 Å². The van der Waals surface area contributed by atoms with Crippen LogP contribution in [0.1, 0.15) is 33.6 Å². The average molecular weight is 417 g/mol. The zero-order chi connectivity index (χ0) is 21.5. The number of hydrogen-bond acceptors (Lipinski definition) is 5. The molecule has 7 nitrogen and oxygen atoms in total. The smallest absolute Gasteiger partial charge is 0.257 e. The lowest BCUT2D eigenvalue weighted by Crippen LogP contribution is -2.62. The third-order valence-corrected chi connectivity index (χ3v) is 5.58. The van der Waals surface area contributed by atoms with E-state index in [1.807, 2.05) is 0 Å². The topological polar surface area (TPSA) is 79.9 Å².